The molecule has 18 heavy (non-hydrogen) atoms. The summed E-state index contributed by atoms with van der Waals surface area (Å²) in [7, 11) is -3.27. The SMILES string of the molecule is CS(=O)(=O)c1cc(Br)cc(-c2ccc(F)cc2)c1. The summed E-state index contributed by atoms with van der Waals surface area (Å²) in [4.78, 5) is 0.233. The zero-order valence-electron chi connectivity index (χ0n) is 9.52. The first-order chi connectivity index (χ1) is 8.36. The average molecular weight is 329 g/mol. The van der Waals surface area contributed by atoms with E-state index < -0.39 is 9.84 Å². The molecule has 0 amide bonds. The molecule has 0 bridgehead atoms. The van der Waals surface area contributed by atoms with Crippen LogP contribution < -0.4 is 0 Å². The van der Waals surface area contributed by atoms with Gasteiger partial charge in [0, 0.05) is 10.7 Å². The summed E-state index contributed by atoms with van der Waals surface area (Å²) in [6, 6.07) is 10.8. The Hall–Kier alpha value is -1.20. The standard InChI is InChI=1S/C13H10BrFO2S/c1-18(16,17)13-7-10(6-11(14)8-13)9-2-4-12(15)5-3-9/h2-8H,1H3. The largest absolute Gasteiger partial charge is 0.224 e. The van der Waals surface area contributed by atoms with Crippen LogP contribution in [0.2, 0.25) is 0 Å². The second-order valence-electron chi connectivity index (χ2n) is 3.95. The van der Waals surface area contributed by atoms with Gasteiger partial charge in [0.15, 0.2) is 9.84 Å². The Labute approximate surface area is 114 Å². The topological polar surface area (TPSA) is 34.1 Å². The van der Waals surface area contributed by atoms with E-state index in [4.69, 9.17) is 0 Å². The van der Waals surface area contributed by atoms with Crippen molar-refractivity contribution in [2.45, 2.75) is 4.90 Å². The molecule has 0 atom stereocenters. The maximum absolute atomic E-state index is 12.8. The van der Waals surface area contributed by atoms with Crippen LogP contribution in [-0.2, 0) is 9.84 Å². The van der Waals surface area contributed by atoms with Gasteiger partial charge in [0.25, 0.3) is 0 Å². The molecule has 0 aliphatic rings. The van der Waals surface area contributed by atoms with Crippen LogP contribution in [0.3, 0.4) is 0 Å². The fraction of sp³-hybridized carbons (Fsp3) is 0.0769. The lowest BCUT2D eigenvalue weighted by atomic mass is 10.1. The highest BCUT2D eigenvalue weighted by molar-refractivity contribution is 9.10. The monoisotopic (exact) mass is 328 g/mol. The fourth-order valence-electron chi connectivity index (χ4n) is 1.59. The van der Waals surface area contributed by atoms with E-state index in [0.717, 1.165) is 17.4 Å². The molecular formula is C13H10BrFO2S. The van der Waals surface area contributed by atoms with Crippen molar-refractivity contribution in [1.82, 2.24) is 0 Å². The maximum Gasteiger partial charge on any atom is 0.175 e. The number of hydrogen-bond acceptors (Lipinski definition) is 2. The fourth-order valence-corrected chi connectivity index (χ4v) is 2.91. The van der Waals surface area contributed by atoms with Gasteiger partial charge in [0.2, 0.25) is 0 Å². The van der Waals surface area contributed by atoms with E-state index in [1.165, 1.54) is 12.1 Å². The summed E-state index contributed by atoms with van der Waals surface area (Å²) < 4.78 is 36.6. The molecule has 0 heterocycles. The molecule has 0 fully saturated rings. The predicted molar refractivity (Wildman–Crippen MR) is 72.6 cm³/mol. The van der Waals surface area contributed by atoms with Crippen LogP contribution in [0.5, 0.6) is 0 Å². The van der Waals surface area contributed by atoms with Crippen molar-refractivity contribution in [2.75, 3.05) is 6.26 Å². The molecule has 94 valence electrons. The van der Waals surface area contributed by atoms with Crippen LogP contribution in [0.1, 0.15) is 0 Å². The van der Waals surface area contributed by atoms with Crippen molar-refractivity contribution < 1.29 is 12.8 Å². The molecule has 0 saturated heterocycles. The Morgan fingerprint density at radius 3 is 2.17 bits per heavy atom. The molecule has 2 nitrogen and oxygen atoms in total. The third-order valence-electron chi connectivity index (χ3n) is 2.48. The molecule has 0 N–H and O–H groups in total. The van der Waals surface area contributed by atoms with Crippen molar-refractivity contribution >= 4 is 25.8 Å². The van der Waals surface area contributed by atoms with E-state index in [2.05, 4.69) is 15.9 Å². The minimum Gasteiger partial charge on any atom is -0.224 e. The molecule has 0 aliphatic carbocycles. The van der Waals surface area contributed by atoms with Crippen molar-refractivity contribution in [1.29, 1.82) is 0 Å². The van der Waals surface area contributed by atoms with Crippen LogP contribution in [0.15, 0.2) is 51.8 Å². The molecule has 0 aliphatic heterocycles. The van der Waals surface area contributed by atoms with Gasteiger partial charge in [-0.15, -0.1) is 0 Å². The Balaban J connectivity index is 2.59. The van der Waals surface area contributed by atoms with Crippen LogP contribution in [0.4, 0.5) is 4.39 Å². The van der Waals surface area contributed by atoms with E-state index in [9.17, 15) is 12.8 Å². The van der Waals surface area contributed by atoms with E-state index in [0.29, 0.717) is 4.47 Å². The quantitative estimate of drug-likeness (QED) is 0.843. The van der Waals surface area contributed by atoms with Gasteiger partial charge < -0.3 is 0 Å². The van der Waals surface area contributed by atoms with Gasteiger partial charge in [-0.2, -0.15) is 0 Å². The molecule has 0 saturated carbocycles. The van der Waals surface area contributed by atoms with Crippen molar-refractivity contribution in [3.63, 3.8) is 0 Å². The summed E-state index contributed by atoms with van der Waals surface area (Å²) in [5.74, 6) is -0.322. The number of sulfone groups is 1. The lowest BCUT2D eigenvalue weighted by molar-refractivity contribution is 0.602. The van der Waals surface area contributed by atoms with Crippen LogP contribution in [0.25, 0.3) is 11.1 Å². The van der Waals surface area contributed by atoms with Gasteiger partial charge in [-0.3, -0.25) is 0 Å². The molecule has 5 heteroatoms. The number of hydrogen-bond donors (Lipinski definition) is 0. The lowest BCUT2D eigenvalue weighted by Gasteiger charge is -2.06. The second-order valence-corrected chi connectivity index (χ2v) is 6.89. The summed E-state index contributed by atoms with van der Waals surface area (Å²) in [5, 5.41) is 0. The molecule has 0 unspecified atom stereocenters. The minimum atomic E-state index is -3.27. The van der Waals surface area contributed by atoms with Crippen molar-refractivity contribution in [3.05, 3.63) is 52.8 Å². The molecule has 0 radical (unpaired) electrons. The number of rotatable bonds is 2. The highest BCUT2D eigenvalue weighted by Crippen LogP contribution is 2.27. The van der Waals surface area contributed by atoms with Gasteiger partial charge in [0.05, 0.1) is 4.90 Å². The van der Waals surface area contributed by atoms with Gasteiger partial charge >= 0.3 is 0 Å². The Morgan fingerprint density at radius 2 is 1.61 bits per heavy atom. The Morgan fingerprint density at radius 1 is 1.00 bits per heavy atom. The zero-order valence-corrected chi connectivity index (χ0v) is 11.9. The van der Waals surface area contributed by atoms with Gasteiger partial charge in [0.1, 0.15) is 5.82 Å². The average Bonchev–Trinajstić information content (AvgIpc) is 2.28. The second kappa shape index (κ2) is 4.82. The first-order valence-corrected chi connectivity index (χ1v) is 7.81. The third-order valence-corrected chi connectivity index (χ3v) is 4.03. The number of halogens is 2. The molecule has 0 aromatic heterocycles. The predicted octanol–water partition coefficient (Wildman–Crippen LogP) is 3.66. The molecule has 0 spiro atoms. The Kier molecular flexibility index (Phi) is 3.54. The summed E-state index contributed by atoms with van der Waals surface area (Å²) >= 11 is 3.28. The smallest absolute Gasteiger partial charge is 0.175 e. The van der Waals surface area contributed by atoms with E-state index in [1.54, 1.807) is 30.3 Å². The van der Waals surface area contributed by atoms with Crippen LogP contribution >= 0.6 is 15.9 Å². The first kappa shape index (κ1) is 13.2. The Bertz CT molecular complexity index is 679. The van der Waals surface area contributed by atoms with Crippen LogP contribution in [0, 0.1) is 5.82 Å². The number of benzene rings is 2. The van der Waals surface area contributed by atoms with Gasteiger partial charge in [-0.05, 0) is 41.5 Å². The molecule has 2 rings (SSSR count). The van der Waals surface area contributed by atoms with E-state index in [-0.39, 0.29) is 10.7 Å². The van der Waals surface area contributed by atoms with Crippen molar-refractivity contribution in [3.8, 4) is 11.1 Å². The lowest BCUT2D eigenvalue weighted by Crippen LogP contribution is -1.97. The van der Waals surface area contributed by atoms with Crippen molar-refractivity contribution in [2.24, 2.45) is 0 Å². The van der Waals surface area contributed by atoms with E-state index in [1.807, 2.05) is 0 Å². The molecular weight excluding hydrogens is 319 g/mol. The molecule has 2 aromatic carbocycles. The zero-order chi connectivity index (χ0) is 13.3. The summed E-state index contributed by atoms with van der Waals surface area (Å²) in [5.41, 5.74) is 1.49. The minimum absolute atomic E-state index is 0.233. The summed E-state index contributed by atoms with van der Waals surface area (Å²) in [6.45, 7) is 0. The highest BCUT2D eigenvalue weighted by Gasteiger charge is 2.10. The highest BCUT2D eigenvalue weighted by atomic mass is 79.9. The van der Waals surface area contributed by atoms with E-state index >= 15 is 0 Å². The molecule has 2 aromatic rings. The summed E-state index contributed by atoms with van der Waals surface area (Å²) in [6.07, 6.45) is 1.16. The van der Waals surface area contributed by atoms with Crippen LogP contribution in [-0.4, -0.2) is 14.7 Å². The first-order valence-electron chi connectivity index (χ1n) is 5.13. The normalized spacial score (nSPS) is 11.5. The third kappa shape index (κ3) is 2.97. The van der Waals surface area contributed by atoms with Gasteiger partial charge in [-0.1, -0.05) is 28.1 Å². The van der Waals surface area contributed by atoms with Gasteiger partial charge in [-0.25, -0.2) is 12.8 Å². The maximum atomic E-state index is 12.8.